The number of nitriles is 1. The van der Waals surface area contributed by atoms with Crippen LogP contribution >= 0.6 is 11.3 Å². The third-order valence-electron chi connectivity index (χ3n) is 4.45. The number of thiophene rings is 1. The second-order valence-corrected chi connectivity index (χ2v) is 7.14. The molecule has 3 rings (SSSR count). The Morgan fingerprint density at radius 1 is 1.44 bits per heavy atom. The number of hydrogen-bond donors (Lipinski definition) is 1. The van der Waals surface area contributed by atoms with Crippen LogP contribution < -0.4 is 10.2 Å². The molecule has 2 aromatic rings. The molecule has 6 heteroatoms. The summed E-state index contributed by atoms with van der Waals surface area (Å²) in [5, 5.41) is 12.9. The number of hydrogen-bond acceptors (Lipinski definition) is 4. The smallest absolute Gasteiger partial charge is 0.226 e. The zero-order chi connectivity index (χ0) is 17.8. The Balaban J connectivity index is 1.62. The standard InChI is InChI=1S/C19H20FN3OS/c1-2-23(14-6-3-5-13(20)11-14)10-9-18(24)22-19-16(12-21)15-7-4-8-17(15)25-19/h3,5-6,11H,2,4,7-10H2,1H3,(H,22,24). The van der Waals surface area contributed by atoms with Gasteiger partial charge in [0.1, 0.15) is 16.9 Å². The van der Waals surface area contributed by atoms with Gasteiger partial charge >= 0.3 is 0 Å². The maximum absolute atomic E-state index is 13.4. The lowest BCUT2D eigenvalue weighted by molar-refractivity contribution is -0.116. The van der Waals surface area contributed by atoms with Crippen LogP contribution in [0.5, 0.6) is 0 Å². The first-order valence-electron chi connectivity index (χ1n) is 8.47. The molecule has 4 nitrogen and oxygen atoms in total. The second-order valence-electron chi connectivity index (χ2n) is 6.03. The number of carbonyl (C=O) groups excluding carboxylic acids is 1. The third kappa shape index (κ3) is 3.83. The predicted octanol–water partition coefficient (Wildman–Crippen LogP) is 4.10. The van der Waals surface area contributed by atoms with Crippen molar-refractivity contribution in [3.05, 3.63) is 46.1 Å². The molecule has 1 aromatic carbocycles. The van der Waals surface area contributed by atoms with E-state index in [0.29, 0.717) is 23.7 Å². The molecule has 1 heterocycles. The van der Waals surface area contributed by atoms with Crippen molar-refractivity contribution in [2.45, 2.75) is 32.6 Å². The summed E-state index contributed by atoms with van der Waals surface area (Å²) in [6.45, 7) is 3.16. The Morgan fingerprint density at radius 3 is 3.00 bits per heavy atom. The predicted molar refractivity (Wildman–Crippen MR) is 98.6 cm³/mol. The van der Waals surface area contributed by atoms with Gasteiger partial charge in [0.25, 0.3) is 0 Å². The van der Waals surface area contributed by atoms with Crippen LogP contribution in [-0.2, 0) is 17.6 Å². The minimum Gasteiger partial charge on any atom is -0.371 e. The molecule has 0 bridgehead atoms. The molecule has 0 atom stereocenters. The van der Waals surface area contributed by atoms with Gasteiger partial charge < -0.3 is 10.2 Å². The summed E-state index contributed by atoms with van der Waals surface area (Å²) in [5.74, 6) is -0.404. The number of nitrogens with one attached hydrogen (secondary N) is 1. The molecule has 0 unspecified atom stereocenters. The van der Waals surface area contributed by atoms with Crippen molar-refractivity contribution in [2.24, 2.45) is 0 Å². The Labute approximate surface area is 150 Å². The van der Waals surface area contributed by atoms with Crippen molar-refractivity contribution in [1.82, 2.24) is 0 Å². The van der Waals surface area contributed by atoms with Crippen LogP contribution in [0.3, 0.4) is 0 Å². The summed E-state index contributed by atoms with van der Waals surface area (Å²) in [5.41, 5.74) is 2.50. The first kappa shape index (κ1) is 17.4. The lowest BCUT2D eigenvalue weighted by atomic mass is 10.1. The molecule has 0 saturated heterocycles. The topological polar surface area (TPSA) is 56.1 Å². The minimum absolute atomic E-state index is 0.119. The van der Waals surface area contributed by atoms with Crippen molar-refractivity contribution in [2.75, 3.05) is 23.3 Å². The lowest BCUT2D eigenvalue weighted by Crippen LogP contribution is -2.27. The fourth-order valence-corrected chi connectivity index (χ4v) is 4.43. The normalized spacial score (nSPS) is 12.5. The number of fused-ring (bicyclic) bond motifs is 1. The number of carbonyl (C=O) groups is 1. The zero-order valence-corrected chi connectivity index (χ0v) is 15.0. The Morgan fingerprint density at radius 2 is 2.28 bits per heavy atom. The molecular weight excluding hydrogens is 337 g/mol. The zero-order valence-electron chi connectivity index (χ0n) is 14.1. The molecule has 0 saturated carbocycles. The average molecular weight is 357 g/mol. The van der Waals surface area contributed by atoms with Crippen LogP contribution in [0, 0.1) is 17.1 Å². The van der Waals surface area contributed by atoms with Crippen molar-refractivity contribution in [1.29, 1.82) is 5.26 Å². The van der Waals surface area contributed by atoms with Crippen LogP contribution in [-0.4, -0.2) is 19.0 Å². The molecule has 25 heavy (non-hydrogen) atoms. The summed E-state index contributed by atoms with van der Waals surface area (Å²) in [6.07, 6.45) is 3.29. The van der Waals surface area contributed by atoms with Gasteiger partial charge in [0.15, 0.2) is 0 Å². The highest BCUT2D eigenvalue weighted by molar-refractivity contribution is 7.16. The average Bonchev–Trinajstić information content (AvgIpc) is 3.16. The van der Waals surface area contributed by atoms with Crippen molar-refractivity contribution < 1.29 is 9.18 Å². The highest BCUT2D eigenvalue weighted by atomic mass is 32.1. The van der Waals surface area contributed by atoms with Gasteiger partial charge in [-0.2, -0.15) is 5.26 Å². The molecular formula is C19H20FN3OS. The Kier molecular flexibility index (Phi) is 5.34. The molecule has 0 radical (unpaired) electrons. The van der Waals surface area contributed by atoms with E-state index in [1.165, 1.54) is 28.3 Å². The van der Waals surface area contributed by atoms with Crippen LogP contribution in [0.1, 0.15) is 35.8 Å². The quantitative estimate of drug-likeness (QED) is 0.847. The van der Waals surface area contributed by atoms with E-state index in [1.807, 2.05) is 17.9 Å². The van der Waals surface area contributed by atoms with Gasteiger partial charge in [0.05, 0.1) is 5.56 Å². The largest absolute Gasteiger partial charge is 0.371 e. The maximum atomic E-state index is 13.4. The molecule has 1 aromatic heterocycles. The van der Waals surface area contributed by atoms with Gasteiger partial charge in [0, 0.05) is 30.1 Å². The number of halogens is 1. The van der Waals surface area contributed by atoms with Gasteiger partial charge in [-0.05, 0) is 49.9 Å². The maximum Gasteiger partial charge on any atom is 0.226 e. The van der Waals surface area contributed by atoms with Crippen LogP contribution in [0.15, 0.2) is 24.3 Å². The summed E-state index contributed by atoms with van der Waals surface area (Å²) in [7, 11) is 0. The highest BCUT2D eigenvalue weighted by Crippen LogP contribution is 2.38. The summed E-state index contributed by atoms with van der Waals surface area (Å²) >= 11 is 1.52. The number of anilines is 2. The lowest BCUT2D eigenvalue weighted by Gasteiger charge is -2.22. The number of nitrogens with zero attached hydrogens (tertiary/aromatic N) is 2. The Hall–Kier alpha value is -2.39. The van der Waals surface area contributed by atoms with Gasteiger partial charge in [-0.15, -0.1) is 11.3 Å². The van der Waals surface area contributed by atoms with E-state index in [0.717, 1.165) is 30.5 Å². The first-order chi connectivity index (χ1) is 12.1. The molecule has 0 spiro atoms. The van der Waals surface area contributed by atoms with E-state index in [-0.39, 0.29) is 18.1 Å². The van der Waals surface area contributed by atoms with Crippen LogP contribution in [0.25, 0.3) is 0 Å². The summed E-state index contributed by atoms with van der Waals surface area (Å²) in [6, 6.07) is 8.61. The Bertz CT molecular complexity index is 825. The molecule has 0 aliphatic heterocycles. The molecule has 130 valence electrons. The summed E-state index contributed by atoms with van der Waals surface area (Å²) < 4.78 is 13.4. The fraction of sp³-hybridized carbons (Fsp3) is 0.368. The van der Waals surface area contributed by atoms with Gasteiger partial charge in [-0.25, -0.2) is 4.39 Å². The molecule has 1 N–H and O–H groups in total. The van der Waals surface area contributed by atoms with Crippen molar-refractivity contribution in [3.63, 3.8) is 0 Å². The van der Waals surface area contributed by atoms with Gasteiger partial charge in [-0.3, -0.25) is 4.79 Å². The minimum atomic E-state index is -0.285. The number of benzene rings is 1. The molecule has 1 aliphatic carbocycles. The number of amides is 1. The number of aryl methyl sites for hydroxylation is 1. The van der Waals surface area contributed by atoms with E-state index in [1.54, 1.807) is 6.07 Å². The molecule has 1 aliphatic rings. The summed E-state index contributed by atoms with van der Waals surface area (Å²) in [4.78, 5) is 15.5. The number of rotatable bonds is 6. The van der Waals surface area contributed by atoms with Crippen molar-refractivity contribution in [3.8, 4) is 6.07 Å². The van der Waals surface area contributed by atoms with E-state index < -0.39 is 0 Å². The van der Waals surface area contributed by atoms with Crippen molar-refractivity contribution >= 4 is 27.9 Å². The van der Waals surface area contributed by atoms with E-state index in [2.05, 4.69) is 11.4 Å². The van der Waals surface area contributed by atoms with E-state index in [9.17, 15) is 14.4 Å². The monoisotopic (exact) mass is 357 g/mol. The third-order valence-corrected chi connectivity index (χ3v) is 5.66. The second kappa shape index (κ2) is 7.66. The molecule has 1 amide bonds. The first-order valence-corrected chi connectivity index (χ1v) is 9.29. The van der Waals surface area contributed by atoms with Gasteiger partial charge in [0.2, 0.25) is 5.91 Å². The van der Waals surface area contributed by atoms with E-state index in [4.69, 9.17) is 0 Å². The molecule has 0 fully saturated rings. The van der Waals surface area contributed by atoms with E-state index >= 15 is 0 Å². The SMILES string of the molecule is CCN(CCC(=O)Nc1sc2c(c1C#N)CCC2)c1cccc(F)c1. The van der Waals surface area contributed by atoms with Crippen LogP contribution in [0.2, 0.25) is 0 Å². The van der Waals surface area contributed by atoms with Crippen LogP contribution in [0.4, 0.5) is 15.1 Å². The van der Waals surface area contributed by atoms with Gasteiger partial charge in [-0.1, -0.05) is 6.07 Å². The fourth-order valence-electron chi connectivity index (χ4n) is 3.18. The highest BCUT2D eigenvalue weighted by Gasteiger charge is 2.23.